The van der Waals surface area contributed by atoms with E-state index in [2.05, 4.69) is 33.0 Å². The van der Waals surface area contributed by atoms with Gasteiger partial charge in [0.2, 0.25) is 11.8 Å². The zero-order chi connectivity index (χ0) is 46.9. The molecule has 3 rings (SSSR count). The lowest BCUT2D eigenvalue weighted by Crippen LogP contribution is -2.49. The Labute approximate surface area is 375 Å². The lowest BCUT2D eigenvalue weighted by atomic mass is 9.84. The zero-order valence-corrected chi connectivity index (χ0v) is 39.1. The minimum absolute atomic E-state index is 0.00701. The van der Waals surface area contributed by atoms with Gasteiger partial charge in [0.1, 0.15) is 16.5 Å². The summed E-state index contributed by atoms with van der Waals surface area (Å²) in [4.78, 5) is 85.4. The first-order valence-corrected chi connectivity index (χ1v) is 23.2. The number of aliphatic carboxylic acids is 1. The molecule has 0 radical (unpaired) electrons. The molecule has 350 valence electrons. The fourth-order valence-electron chi connectivity index (χ4n) is 7.62. The van der Waals surface area contributed by atoms with Gasteiger partial charge in [-0.25, -0.2) is 9.37 Å². The Balaban J connectivity index is 1.95. The Hall–Kier alpha value is -4.68. The van der Waals surface area contributed by atoms with Crippen LogP contribution in [0.1, 0.15) is 147 Å². The highest BCUT2D eigenvalue weighted by Crippen LogP contribution is 2.33. The summed E-state index contributed by atoms with van der Waals surface area (Å²) in [5, 5.41) is 24.5. The predicted molar refractivity (Wildman–Crippen MR) is 242 cm³/mol. The van der Waals surface area contributed by atoms with Crippen LogP contribution >= 0.6 is 11.3 Å². The number of hydrogen-bond acceptors (Lipinski definition) is 11. The number of halogens is 1. The third-order valence-electron chi connectivity index (χ3n) is 11.6. The van der Waals surface area contributed by atoms with E-state index in [0.717, 1.165) is 56.4 Å². The Kier molecular flexibility index (Phi) is 21.4. The molecule has 3 amide bonds. The van der Waals surface area contributed by atoms with Gasteiger partial charge in [-0.1, -0.05) is 66.4 Å². The number of hydrogen-bond donors (Lipinski definition) is 5. The number of benzene rings is 1. The molecule has 0 aliphatic carbocycles. The molecule has 2 aromatic rings. The second-order valence-electron chi connectivity index (χ2n) is 17.6. The maximum absolute atomic E-state index is 15.0. The fourth-order valence-corrected chi connectivity index (χ4v) is 8.45. The summed E-state index contributed by atoms with van der Waals surface area (Å²) < 4.78 is 20.9. The highest BCUT2D eigenvalue weighted by molar-refractivity contribution is 7.09. The predicted octanol–water partition coefficient (Wildman–Crippen LogP) is 6.98. The van der Waals surface area contributed by atoms with Crippen molar-refractivity contribution < 1.29 is 43.1 Å². The van der Waals surface area contributed by atoms with Crippen LogP contribution in [0.3, 0.4) is 0 Å². The number of rotatable bonds is 26. The lowest BCUT2D eigenvalue weighted by Gasteiger charge is -2.38. The van der Waals surface area contributed by atoms with Gasteiger partial charge in [0, 0.05) is 55.4 Å². The van der Waals surface area contributed by atoms with E-state index in [1.807, 2.05) is 32.6 Å². The van der Waals surface area contributed by atoms with E-state index in [-0.39, 0.29) is 54.9 Å². The molecule has 0 saturated carbocycles. The van der Waals surface area contributed by atoms with Gasteiger partial charge in [0.15, 0.2) is 11.0 Å². The Morgan fingerprint density at radius 3 is 2.48 bits per heavy atom. The summed E-state index contributed by atoms with van der Waals surface area (Å²) in [6.45, 7) is 15.3. The molecule has 18 heteroatoms. The molecule has 2 heterocycles. The molecule has 6 atom stereocenters. The zero-order valence-electron chi connectivity index (χ0n) is 38.3. The number of nitrogens with zero attached hydrogens (tertiary/aromatic N) is 4. The van der Waals surface area contributed by atoms with E-state index in [4.69, 9.17) is 10.5 Å². The van der Waals surface area contributed by atoms with Crippen molar-refractivity contribution in [1.29, 1.82) is 0 Å². The van der Waals surface area contributed by atoms with Gasteiger partial charge in [-0.3, -0.25) is 29.3 Å². The topological polar surface area (TPSA) is 225 Å². The molecule has 0 spiro atoms. The molecule has 1 unspecified atom stereocenters. The van der Waals surface area contributed by atoms with Crippen LogP contribution in [-0.2, 0) is 30.3 Å². The summed E-state index contributed by atoms with van der Waals surface area (Å²) in [5.41, 5.74) is 4.46. The average Bonchev–Trinajstić information content (AvgIpc) is 3.74. The summed E-state index contributed by atoms with van der Waals surface area (Å²) >= 11 is 1.12. The van der Waals surface area contributed by atoms with Gasteiger partial charge >= 0.3 is 11.9 Å². The second-order valence-corrected chi connectivity index (χ2v) is 18.5. The summed E-state index contributed by atoms with van der Waals surface area (Å²) in [6.07, 6.45) is 7.23. The van der Waals surface area contributed by atoms with Gasteiger partial charge in [0.25, 0.3) is 12.1 Å². The maximum Gasteiger partial charge on any atom is 0.309 e. The Morgan fingerprint density at radius 2 is 1.89 bits per heavy atom. The molecule has 1 saturated heterocycles. The smallest absolute Gasteiger partial charge is 0.309 e. The fraction of sp³-hybridized carbons (Fsp3) is 0.667. The highest BCUT2D eigenvalue weighted by Gasteiger charge is 2.38. The first-order chi connectivity index (χ1) is 29.8. The third-order valence-corrected chi connectivity index (χ3v) is 12.5. The number of ether oxygens (including phenoxy) is 1. The van der Waals surface area contributed by atoms with Crippen LogP contribution in [0, 0.1) is 33.9 Å². The number of carbonyl (C=O) groups excluding carboxylic acids is 4. The third kappa shape index (κ3) is 16.4. The van der Waals surface area contributed by atoms with E-state index < -0.39 is 65.3 Å². The van der Waals surface area contributed by atoms with Crippen LogP contribution in [-0.4, -0.2) is 93.6 Å². The van der Waals surface area contributed by atoms with Crippen molar-refractivity contribution in [2.45, 2.75) is 150 Å². The number of carbonyl (C=O) groups is 5. The number of unbranched alkanes of at least 4 members (excludes halogenated alkanes) is 3. The van der Waals surface area contributed by atoms with Crippen molar-refractivity contribution in [2.24, 2.45) is 34.0 Å². The van der Waals surface area contributed by atoms with E-state index in [0.29, 0.717) is 34.8 Å². The molecule has 1 aliphatic rings. The number of carboxylic acids is 1. The second kappa shape index (κ2) is 25.6. The van der Waals surface area contributed by atoms with Gasteiger partial charge in [-0.15, -0.1) is 11.3 Å². The van der Waals surface area contributed by atoms with Gasteiger partial charge < -0.3 is 31.1 Å². The normalized spacial score (nSPS) is 16.8. The van der Waals surface area contributed by atoms with Gasteiger partial charge in [0.05, 0.1) is 34.7 Å². The molecule has 1 aromatic carbocycles. The van der Waals surface area contributed by atoms with Crippen molar-refractivity contribution >= 4 is 52.9 Å². The largest absolute Gasteiger partial charge is 0.481 e. The number of hydrazone groups is 1. The molecule has 1 aliphatic heterocycles. The minimum Gasteiger partial charge on any atom is -0.481 e. The maximum atomic E-state index is 15.0. The summed E-state index contributed by atoms with van der Waals surface area (Å²) in [7, 11) is 0. The molecule has 6 N–H and O–H groups in total. The number of nitroso groups, excluding NO2 is 1. The van der Waals surface area contributed by atoms with E-state index in [9.17, 15) is 38.4 Å². The highest BCUT2D eigenvalue weighted by atomic mass is 32.1. The van der Waals surface area contributed by atoms with Crippen molar-refractivity contribution in [3.05, 3.63) is 50.6 Å². The van der Waals surface area contributed by atoms with E-state index in [1.165, 1.54) is 44.5 Å². The molecule has 1 fully saturated rings. The van der Waals surface area contributed by atoms with Crippen LogP contribution in [0.5, 0.6) is 0 Å². The van der Waals surface area contributed by atoms with Crippen LogP contribution < -0.4 is 21.7 Å². The van der Waals surface area contributed by atoms with Crippen LogP contribution in [0.25, 0.3) is 0 Å². The number of nitrogens with two attached hydrogens (primary N) is 1. The standard InChI is InChI=1S/C45H69FN8O8S/c1-9-11-12-15-20-53(43(58)33(29(5)10-2)26-49-54(61)39-16-13-14-19-48-39)37(28(3)4)23-38(62-30(6)55)42-52-36(27-63-42)41(57)50-32(24-45(7,8)44(59)60)21-31-17-18-35(34(46)22-31)51-40(56)25-47/h17-18,22,26-29,32-33,37-39,48H,9-16,19-21,23-25,47H2,1-8H3,(H2-,50,51,56,57,59,60)/p+1/b49-26+/t29-,32-,33?,37+,38+,39-/m0/s1. The first-order valence-electron chi connectivity index (χ1n) is 22.3. The Bertz CT molecular complexity index is 1880. The molecule has 0 bridgehead atoms. The Morgan fingerprint density at radius 1 is 1.16 bits per heavy atom. The van der Waals surface area contributed by atoms with E-state index >= 15 is 0 Å². The van der Waals surface area contributed by atoms with Crippen LogP contribution in [0.15, 0.2) is 28.7 Å². The number of carboxylic acid groups (broad SMARTS) is 1. The number of piperidine rings is 1. The van der Waals surface area contributed by atoms with Gasteiger partial charge in [-0.05, 0) is 75.5 Å². The van der Waals surface area contributed by atoms with Gasteiger partial charge in [-0.2, -0.15) is 0 Å². The number of thiazole rings is 1. The lowest BCUT2D eigenvalue weighted by molar-refractivity contribution is -0.599. The number of aromatic nitrogens is 1. The van der Waals surface area contributed by atoms with Crippen molar-refractivity contribution in [1.82, 2.24) is 20.5 Å². The van der Waals surface area contributed by atoms with Crippen molar-refractivity contribution in [3.8, 4) is 0 Å². The minimum atomic E-state index is -1.27. The number of nitrogens with one attached hydrogen (secondary N) is 3. The number of anilines is 1. The molecular weight excluding hydrogens is 832 g/mol. The van der Waals surface area contributed by atoms with Crippen LogP contribution in [0.4, 0.5) is 10.1 Å². The summed E-state index contributed by atoms with van der Waals surface area (Å²) in [5.74, 6) is -4.65. The number of esters is 1. The van der Waals surface area contributed by atoms with Crippen molar-refractivity contribution in [2.75, 3.05) is 25.0 Å². The molecular formula is C45H70FN8O8S+. The summed E-state index contributed by atoms with van der Waals surface area (Å²) in [6, 6.07) is 2.93. The molecule has 16 nitrogen and oxygen atoms in total. The molecule has 1 aromatic heterocycles. The van der Waals surface area contributed by atoms with E-state index in [1.54, 1.807) is 6.07 Å². The average molecular weight is 902 g/mol. The molecule has 63 heavy (non-hydrogen) atoms. The van der Waals surface area contributed by atoms with Crippen LogP contribution in [0.2, 0.25) is 0 Å². The monoisotopic (exact) mass is 902 g/mol. The number of amides is 3. The quantitative estimate of drug-likeness (QED) is 0.0213. The first kappa shape index (κ1) is 52.7. The SMILES string of the molecule is CCCCCCN(C(=O)C(/C=N/[N+](=O)[C@H]1CCCCN1)[C@@H](C)CC)[C@H](C[C@@H](OC(C)=O)c1nc(C(=O)N[C@@H](Cc2ccc(NC(=O)CN)c(F)c2)CC(C)(C)C(=O)O)cs1)C(C)C. The van der Waals surface area contributed by atoms with Crippen molar-refractivity contribution in [3.63, 3.8) is 0 Å².